The number of ether oxygens (including phenoxy) is 1. The number of carboxylic acids is 1. The number of thioether (sulfide) groups is 6. The Hall–Kier alpha value is -9.04. The van der Waals surface area contributed by atoms with Crippen molar-refractivity contribution in [2.75, 3.05) is 54.2 Å². The molecule has 0 aliphatic heterocycles. The van der Waals surface area contributed by atoms with E-state index in [0.29, 0.717) is 121 Å². The number of amides is 2. The molecule has 6 aromatic carbocycles. The Labute approximate surface area is 740 Å². The highest BCUT2D eigenvalue weighted by atomic mass is 35.5. The van der Waals surface area contributed by atoms with Gasteiger partial charge in [0.1, 0.15) is 23.1 Å². The molecule has 0 fully saturated rings. The molecule has 0 aliphatic carbocycles. The number of carboxylic acid groups (broad SMARTS) is 1. The van der Waals surface area contributed by atoms with Crippen LogP contribution in [0.1, 0.15) is 85.8 Å². The van der Waals surface area contributed by atoms with E-state index < -0.39 is 5.97 Å². The lowest BCUT2D eigenvalue weighted by Crippen LogP contribution is -2.41. The van der Waals surface area contributed by atoms with E-state index in [4.69, 9.17) is 102 Å². The van der Waals surface area contributed by atoms with E-state index in [2.05, 4.69) is 80.1 Å². The molecular weight excluding hydrogens is 1770 g/mol. The van der Waals surface area contributed by atoms with Gasteiger partial charge in [-0.15, -0.1) is 51.0 Å². The number of nitrogens with one attached hydrogen (secondary N) is 2. The average Bonchev–Trinajstić information content (AvgIpc) is 1.84. The molecule has 6 aromatic heterocycles. The van der Waals surface area contributed by atoms with Gasteiger partial charge in [0.15, 0.2) is 5.16 Å². The third-order valence-corrected chi connectivity index (χ3v) is 21.1. The molecule has 119 heavy (non-hydrogen) atoms. The van der Waals surface area contributed by atoms with Crippen LogP contribution in [0.25, 0.3) is 68.5 Å². The minimum Gasteiger partial charge on any atom is -0.481 e. The van der Waals surface area contributed by atoms with Crippen molar-refractivity contribution in [3.8, 4) is 68.5 Å². The first-order valence-electron chi connectivity index (χ1n) is 35.9. The van der Waals surface area contributed by atoms with Crippen molar-refractivity contribution in [3.05, 3.63) is 191 Å². The Kier molecular flexibility index (Phi) is 41.0. The van der Waals surface area contributed by atoms with Crippen LogP contribution >= 0.6 is 140 Å². The Morgan fingerprint density at radius 3 is 1.29 bits per heavy atom. The van der Waals surface area contributed by atoms with Gasteiger partial charge in [-0.05, 0) is 147 Å². The Morgan fingerprint density at radius 1 is 0.479 bits per heavy atom. The summed E-state index contributed by atoms with van der Waals surface area (Å²) in [5, 5.41) is 55.3. The number of carbonyl (C=O) groups is 6. The fourth-order valence-electron chi connectivity index (χ4n) is 9.30. The van der Waals surface area contributed by atoms with Crippen LogP contribution in [-0.4, -0.2) is 166 Å². The van der Waals surface area contributed by atoms with E-state index in [0.717, 1.165) is 77.3 Å². The van der Waals surface area contributed by atoms with E-state index in [-0.39, 0.29) is 79.9 Å². The van der Waals surface area contributed by atoms with Gasteiger partial charge in [0, 0.05) is 68.6 Å². The maximum atomic E-state index is 12.2. The van der Waals surface area contributed by atoms with Gasteiger partial charge in [-0.1, -0.05) is 220 Å². The number of H-pyrrole nitrogens is 1. The number of aromatic amines is 1. The van der Waals surface area contributed by atoms with Gasteiger partial charge < -0.3 is 47.1 Å². The minimum absolute atomic E-state index is 0.0882. The second-order valence-corrected chi connectivity index (χ2v) is 33.8. The molecule has 0 bridgehead atoms. The van der Waals surface area contributed by atoms with Gasteiger partial charge in [0.2, 0.25) is 41.3 Å². The maximum Gasteiger partial charge on any atom is 0.316 e. The number of esters is 1. The first-order valence-corrected chi connectivity index (χ1v) is 44.1. The molecular formula is C79H80Cl6N14O14S6. The number of hydrogen-bond donors (Lipinski definition) is 3. The number of hydrogen-bond acceptors (Lipinski definition) is 30. The minimum atomic E-state index is -0.954. The summed E-state index contributed by atoms with van der Waals surface area (Å²) >= 11 is 42.7. The summed E-state index contributed by atoms with van der Waals surface area (Å²) in [5.41, 5.74) is 6.91. The molecule has 0 spiro atoms. The summed E-state index contributed by atoms with van der Waals surface area (Å²) < 4.78 is 32.1. The molecule has 628 valence electrons. The molecule has 0 atom stereocenters. The first kappa shape index (κ1) is 97.1. The maximum absolute atomic E-state index is 12.2. The normalized spacial score (nSPS) is 10.7. The van der Waals surface area contributed by atoms with Crippen LogP contribution < -0.4 is 10.9 Å². The molecule has 12 rings (SSSR count). The number of benzene rings is 6. The van der Waals surface area contributed by atoms with Crippen LogP contribution in [0.2, 0.25) is 30.1 Å². The Morgan fingerprint density at radius 2 is 0.891 bits per heavy atom. The summed E-state index contributed by atoms with van der Waals surface area (Å²) in [5.74, 6) is 2.21. The first-order chi connectivity index (χ1) is 56.8. The van der Waals surface area contributed by atoms with Gasteiger partial charge in [-0.2, -0.15) is 0 Å². The van der Waals surface area contributed by atoms with E-state index in [1.54, 1.807) is 68.4 Å². The summed E-state index contributed by atoms with van der Waals surface area (Å²) in [6.07, 6.45) is 2.41. The van der Waals surface area contributed by atoms with Crippen molar-refractivity contribution < 1.29 is 60.7 Å². The molecule has 0 saturated carbocycles. The molecule has 0 saturated heterocycles. The molecule has 0 unspecified atom stereocenters. The van der Waals surface area contributed by atoms with Crippen molar-refractivity contribution >= 4 is 175 Å². The fraction of sp³-hybridized carbons (Fsp3) is 0.291. The van der Waals surface area contributed by atoms with E-state index >= 15 is 0 Å². The standard InChI is InChI=1S/C17H23N3O2S.C14H15Cl2N3O2S.C14H14N2O2S.C12H10Cl2N2O3S.C12H12N2O2S.C10H6Cl2N2O3S/c1-4-9-20(10-5-2)15(21)12-23-17-19-18-16(22-17)14-8-6-7-13(3)11-14;1-14(2,3)17-11(20)7-22-13-19-18-12(21-13)9-5-4-8(15)6-10(9)16;1-10(17)7-8-19-14-15-12(9-13(18)16-14)11-5-3-2-4-6-11;1-2-18-10(17)6-20-12-16-15-11(19-12)8-4-3-7(13)5-9(8)14;1-8-4-3-5-10(6-8)11-13-14-12(16-11)17-7-9(2)15;11-5-1-2-6(7(12)3-5)9-13-14-10(17-9)18-4-8(15)16/h6-8,11H,4-5,9-10,12H2,1-3H3;4-6H,7H2,1-3H3,(H,17,20);2-6,9H,7-8H2,1H3,(H,15,16,18);3-5H,2,6H2,1H3;3-6H,7H2,1-2H3;1-3H,4H2,(H,15,16). The van der Waals surface area contributed by atoms with Crippen LogP contribution in [0.15, 0.2) is 198 Å². The van der Waals surface area contributed by atoms with E-state index in [9.17, 15) is 33.6 Å². The van der Waals surface area contributed by atoms with Gasteiger partial charge in [0.05, 0.1) is 61.3 Å². The van der Waals surface area contributed by atoms with Crippen LogP contribution in [0, 0.1) is 13.8 Å². The van der Waals surface area contributed by atoms with Crippen molar-refractivity contribution in [1.82, 2.24) is 71.2 Å². The Bertz CT molecular complexity index is 5380. The number of halogens is 6. The lowest BCUT2D eigenvalue weighted by atomic mass is 10.1. The highest BCUT2D eigenvalue weighted by molar-refractivity contribution is 8.00. The fourth-order valence-corrected chi connectivity index (χ4v) is 14.5. The summed E-state index contributed by atoms with van der Waals surface area (Å²) in [4.78, 5) is 87.9. The van der Waals surface area contributed by atoms with Crippen molar-refractivity contribution in [2.45, 2.75) is 125 Å². The second kappa shape index (κ2) is 50.3. The topological polar surface area (TPSA) is 387 Å². The van der Waals surface area contributed by atoms with Crippen molar-refractivity contribution in [2.24, 2.45) is 0 Å². The van der Waals surface area contributed by atoms with Crippen molar-refractivity contribution in [3.63, 3.8) is 0 Å². The van der Waals surface area contributed by atoms with E-state index in [1.165, 1.54) is 60.0 Å². The number of Topliss-reactive ketones (excluding diaryl/α,β-unsaturated/α-hetero) is 2. The van der Waals surface area contributed by atoms with Crippen molar-refractivity contribution in [1.29, 1.82) is 0 Å². The predicted molar refractivity (Wildman–Crippen MR) is 468 cm³/mol. The number of carbonyl (C=O) groups excluding carboxylic acids is 5. The molecule has 40 heteroatoms. The zero-order chi connectivity index (χ0) is 86.6. The molecule has 3 N–H and O–H groups in total. The lowest BCUT2D eigenvalue weighted by Gasteiger charge is -2.20. The molecule has 0 radical (unpaired) electrons. The number of ketones is 2. The SMILES string of the molecule is CC(=O)CCSc1nc(-c2ccccc2)cc(=O)[nH]1.CC(=O)CSc1nnc(-c2cccc(C)c2)o1.CC(C)(C)NC(=O)CSc1nnc(-c2ccc(Cl)cc2Cl)o1.CCCN(CCC)C(=O)CSc1nnc(-c2cccc(C)c2)o1.CCOC(=O)CSc1nnc(-c2ccc(Cl)cc2Cl)o1.O=C(O)CSc1nnc(-c2ccc(Cl)cc2Cl)o1. The van der Waals surface area contributed by atoms with Gasteiger partial charge in [-0.3, -0.25) is 33.6 Å². The van der Waals surface area contributed by atoms with Gasteiger partial charge in [-0.25, -0.2) is 4.98 Å². The monoisotopic (exact) mass is 1850 g/mol. The van der Waals surface area contributed by atoms with Crippen LogP contribution in [0.5, 0.6) is 0 Å². The smallest absolute Gasteiger partial charge is 0.316 e. The number of aliphatic carboxylic acids is 1. The highest BCUT2D eigenvalue weighted by Crippen LogP contribution is 2.35. The number of rotatable bonds is 30. The predicted octanol–water partition coefficient (Wildman–Crippen LogP) is 20.0. The molecule has 12 aromatic rings. The molecule has 6 heterocycles. The Balaban J connectivity index is 0.000000197. The largest absolute Gasteiger partial charge is 0.481 e. The summed E-state index contributed by atoms with van der Waals surface area (Å²) in [6.45, 7) is 20.7. The van der Waals surface area contributed by atoms with E-state index in [1.807, 2.05) is 118 Å². The lowest BCUT2D eigenvalue weighted by molar-refractivity contribution is -0.140. The average molecular weight is 1850 g/mol. The molecule has 0 aliphatic rings. The molecule has 2 amide bonds. The number of aromatic nitrogens is 12. The zero-order valence-corrected chi connectivity index (χ0v) is 75.0. The number of nitrogens with zero attached hydrogens (tertiary/aromatic N) is 12. The van der Waals surface area contributed by atoms with Crippen LogP contribution in [-0.2, 0) is 33.5 Å². The third-order valence-electron chi connectivity index (χ3n) is 14.4. The van der Waals surface area contributed by atoms with Gasteiger partial charge in [0.25, 0.3) is 31.7 Å². The third kappa shape index (κ3) is 35.3. The summed E-state index contributed by atoms with van der Waals surface area (Å²) in [7, 11) is 0. The van der Waals surface area contributed by atoms with Crippen LogP contribution in [0.3, 0.4) is 0 Å². The highest BCUT2D eigenvalue weighted by Gasteiger charge is 2.21. The molecule has 28 nitrogen and oxygen atoms in total. The second-order valence-electron chi connectivity index (χ2n) is 25.6. The number of aryl methyl sites for hydroxylation is 2. The quantitative estimate of drug-likeness (QED) is 0.0214. The summed E-state index contributed by atoms with van der Waals surface area (Å²) in [6, 6.07) is 41.6. The van der Waals surface area contributed by atoms with Crippen LogP contribution in [0.4, 0.5) is 0 Å². The van der Waals surface area contributed by atoms with Gasteiger partial charge >= 0.3 is 11.9 Å². The zero-order valence-electron chi connectivity index (χ0n) is 65.6.